The molecule has 0 unspecified atom stereocenters. The lowest BCUT2D eigenvalue weighted by atomic mass is 10.1. The van der Waals surface area contributed by atoms with Crippen LogP contribution in [0.4, 0.5) is 0 Å². The summed E-state index contributed by atoms with van der Waals surface area (Å²) in [5, 5.41) is 0. The van der Waals surface area contributed by atoms with Crippen LogP contribution >= 0.6 is 12.6 Å². The first-order chi connectivity index (χ1) is 7.26. The fraction of sp³-hybridized carbons (Fsp3) is 0.417. The predicted octanol–water partition coefficient (Wildman–Crippen LogP) is 2.61. The van der Waals surface area contributed by atoms with Crippen LogP contribution in [0, 0.1) is 0 Å². The Morgan fingerprint density at radius 2 is 2.20 bits per heavy atom. The molecule has 0 atom stereocenters. The first-order valence-corrected chi connectivity index (χ1v) is 5.94. The summed E-state index contributed by atoms with van der Waals surface area (Å²) < 4.78 is 2.17. The van der Waals surface area contributed by atoms with Gasteiger partial charge in [0.25, 0.3) is 0 Å². The molecular weight excluding hydrogens is 204 g/mol. The van der Waals surface area contributed by atoms with Crippen LogP contribution in [0.15, 0.2) is 18.2 Å². The van der Waals surface area contributed by atoms with Gasteiger partial charge in [-0.1, -0.05) is 13.0 Å². The molecule has 2 rings (SSSR count). The topological polar surface area (TPSA) is 17.8 Å². The fourth-order valence-electron chi connectivity index (χ4n) is 1.90. The number of imidazole rings is 1. The van der Waals surface area contributed by atoms with Crippen molar-refractivity contribution >= 4 is 23.7 Å². The van der Waals surface area contributed by atoms with Crippen LogP contribution in [0.5, 0.6) is 0 Å². The molecule has 2 nitrogen and oxygen atoms in total. The van der Waals surface area contributed by atoms with Gasteiger partial charge in [0.1, 0.15) is 5.82 Å². The second-order valence-corrected chi connectivity index (χ2v) is 4.18. The second-order valence-electron chi connectivity index (χ2n) is 3.74. The Kier molecular flexibility index (Phi) is 3.00. The Balaban J connectivity index is 2.53. The van der Waals surface area contributed by atoms with Gasteiger partial charge in [-0.15, -0.1) is 0 Å². The molecule has 0 bridgehead atoms. The molecule has 1 aromatic carbocycles. The van der Waals surface area contributed by atoms with E-state index < -0.39 is 0 Å². The van der Waals surface area contributed by atoms with Crippen LogP contribution in [0.3, 0.4) is 0 Å². The predicted molar refractivity (Wildman–Crippen MR) is 67.6 cm³/mol. The number of rotatable bonds is 3. The Bertz CT molecular complexity index is 474. The molecule has 0 saturated heterocycles. The standard InChI is InChI=1S/C12H16N2S/c1-3-12-13-10-8-9(6-7-15)4-5-11(10)14(12)2/h4-5,8,15H,3,6-7H2,1-2H3. The van der Waals surface area contributed by atoms with E-state index in [-0.39, 0.29) is 0 Å². The van der Waals surface area contributed by atoms with Gasteiger partial charge in [-0.25, -0.2) is 4.98 Å². The molecule has 0 aliphatic carbocycles. The normalized spacial score (nSPS) is 11.1. The maximum atomic E-state index is 4.61. The maximum Gasteiger partial charge on any atom is 0.109 e. The third-order valence-electron chi connectivity index (χ3n) is 2.75. The highest BCUT2D eigenvalue weighted by molar-refractivity contribution is 7.80. The molecule has 0 aliphatic rings. The summed E-state index contributed by atoms with van der Waals surface area (Å²) >= 11 is 4.24. The highest BCUT2D eigenvalue weighted by atomic mass is 32.1. The third-order valence-corrected chi connectivity index (χ3v) is 2.98. The molecular formula is C12H16N2S. The van der Waals surface area contributed by atoms with Crippen molar-refractivity contribution in [1.82, 2.24) is 9.55 Å². The summed E-state index contributed by atoms with van der Waals surface area (Å²) in [5.74, 6) is 2.03. The van der Waals surface area contributed by atoms with Crippen molar-refractivity contribution in [2.75, 3.05) is 5.75 Å². The summed E-state index contributed by atoms with van der Waals surface area (Å²) in [6, 6.07) is 6.49. The average molecular weight is 220 g/mol. The van der Waals surface area contributed by atoms with Crippen LogP contribution in [0.25, 0.3) is 11.0 Å². The summed E-state index contributed by atoms with van der Waals surface area (Å²) in [6.07, 6.45) is 1.99. The van der Waals surface area contributed by atoms with E-state index in [1.165, 1.54) is 11.1 Å². The molecule has 2 aromatic rings. The number of nitrogens with zero attached hydrogens (tertiary/aromatic N) is 2. The SMILES string of the molecule is CCc1nc2cc(CCS)ccc2n1C. The number of fused-ring (bicyclic) bond motifs is 1. The minimum absolute atomic E-state index is 0.888. The molecule has 0 aliphatic heterocycles. The molecule has 0 saturated carbocycles. The van der Waals surface area contributed by atoms with Crippen LogP contribution in [-0.4, -0.2) is 15.3 Å². The van der Waals surface area contributed by atoms with Crippen LogP contribution in [0.2, 0.25) is 0 Å². The van der Waals surface area contributed by atoms with Crippen LogP contribution < -0.4 is 0 Å². The smallest absolute Gasteiger partial charge is 0.109 e. The van der Waals surface area contributed by atoms with Crippen molar-refractivity contribution < 1.29 is 0 Å². The van der Waals surface area contributed by atoms with Gasteiger partial charge >= 0.3 is 0 Å². The third kappa shape index (κ3) is 1.88. The molecule has 0 fully saturated rings. The van der Waals surface area contributed by atoms with E-state index in [1.54, 1.807) is 0 Å². The van der Waals surface area contributed by atoms with Gasteiger partial charge in [0, 0.05) is 13.5 Å². The minimum atomic E-state index is 0.888. The van der Waals surface area contributed by atoms with Crippen molar-refractivity contribution in [3.8, 4) is 0 Å². The van der Waals surface area contributed by atoms with Crippen LogP contribution in [0.1, 0.15) is 18.3 Å². The number of aryl methyl sites for hydroxylation is 3. The largest absolute Gasteiger partial charge is 0.331 e. The zero-order valence-corrected chi connectivity index (χ0v) is 10.1. The molecule has 1 heterocycles. The average Bonchev–Trinajstić information content (AvgIpc) is 2.56. The Hall–Kier alpha value is -0.960. The number of hydrogen-bond donors (Lipinski definition) is 1. The fourth-order valence-corrected chi connectivity index (χ4v) is 2.15. The molecule has 0 N–H and O–H groups in total. The van der Waals surface area contributed by atoms with Crippen molar-refractivity contribution in [1.29, 1.82) is 0 Å². The number of thiol groups is 1. The van der Waals surface area contributed by atoms with E-state index >= 15 is 0 Å². The number of aromatic nitrogens is 2. The van der Waals surface area contributed by atoms with Gasteiger partial charge in [-0.2, -0.15) is 12.6 Å². The van der Waals surface area contributed by atoms with Gasteiger partial charge in [0.15, 0.2) is 0 Å². The molecule has 1 aromatic heterocycles. The van der Waals surface area contributed by atoms with Crippen LogP contribution in [-0.2, 0) is 19.9 Å². The summed E-state index contributed by atoms with van der Waals surface area (Å²) in [4.78, 5) is 4.61. The second kappa shape index (κ2) is 4.27. The minimum Gasteiger partial charge on any atom is -0.331 e. The van der Waals surface area contributed by atoms with E-state index in [2.05, 4.69) is 54.4 Å². The highest BCUT2D eigenvalue weighted by Gasteiger charge is 2.05. The summed E-state index contributed by atoms with van der Waals surface area (Å²) in [7, 11) is 2.08. The molecule has 0 amide bonds. The van der Waals surface area contributed by atoms with Crippen molar-refractivity contribution in [2.45, 2.75) is 19.8 Å². The summed E-state index contributed by atoms with van der Waals surface area (Å²) in [6.45, 7) is 2.13. The van der Waals surface area contributed by atoms with E-state index in [9.17, 15) is 0 Å². The van der Waals surface area contributed by atoms with Crippen molar-refractivity contribution in [2.24, 2.45) is 7.05 Å². The summed E-state index contributed by atoms with van der Waals surface area (Å²) in [5.41, 5.74) is 3.64. The van der Waals surface area contributed by atoms with E-state index in [1.807, 2.05) is 0 Å². The zero-order valence-electron chi connectivity index (χ0n) is 9.20. The van der Waals surface area contributed by atoms with E-state index in [4.69, 9.17) is 0 Å². The Morgan fingerprint density at radius 1 is 1.40 bits per heavy atom. The highest BCUT2D eigenvalue weighted by Crippen LogP contribution is 2.17. The number of hydrogen-bond acceptors (Lipinski definition) is 2. The van der Waals surface area contributed by atoms with Gasteiger partial charge in [0.05, 0.1) is 11.0 Å². The lowest BCUT2D eigenvalue weighted by molar-refractivity contribution is 0.829. The number of benzene rings is 1. The molecule has 0 spiro atoms. The van der Waals surface area contributed by atoms with Gasteiger partial charge in [-0.05, 0) is 29.9 Å². The first kappa shape index (κ1) is 10.6. The molecule has 15 heavy (non-hydrogen) atoms. The van der Waals surface area contributed by atoms with E-state index in [0.717, 1.165) is 29.9 Å². The zero-order chi connectivity index (χ0) is 10.8. The van der Waals surface area contributed by atoms with Gasteiger partial charge in [-0.3, -0.25) is 0 Å². The lowest BCUT2D eigenvalue weighted by Crippen LogP contribution is -1.94. The lowest BCUT2D eigenvalue weighted by Gasteiger charge is -1.99. The van der Waals surface area contributed by atoms with Gasteiger partial charge in [0.2, 0.25) is 0 Å². The van der Waals surface area contributed by atoms with Crippen molar-refractivity contribution in [3.63, 3.8) is 0 Å². The monoisotopic (exact) mass is 220 g/mol. The maximum absolute atomic E-state index is 4.61. The van der Waals surface area contributed by atoms with Crippen molar-refractivity contribution in [3.05, 3.63) is 29.6 Å². The Morgan fingerprint density at radius 3 is 2.87 bits per heavy atom. The molecule has 80 valence electrons. The molecule has 0 radical (unpaired) electrons. The Labute approximate surface area is 95.7 Å². The molecule has 3 heteroatoms. The van der Waals surface area contributed by atoms with E-state index in [0.29, 0.717) is 0 Å². The quantitative estimate of drug-likeness (QED) is 0.787. The first-order valence-electron chi connectivity index (χ1n) is 5.31. The van der Waals surface area contributed by atoms with Gasteiger partial charge < -0.3 is 4.57 Å².